The maximum Gasteiger partial charge on any atom is 0.417 e. The van der Waals surface area contributed by atoms with E-state index in [2.05, 4.69) is 10.3 Å². The Kier molecular flexibility index (Phi) is 5.39. The number of aromatic nitrogens is 1. The van der Waals surface area contributed by atoms with Crippen molar-refractivity contribution in [2.45, 2.75) is 19.5 Å². The van der Waals surface area contributed by atoms with Crippen LogP contribution in [0.4, 0.5) is 23.7 Å². The van der Waals surface area contributed by atoms with E-state index in [4.69, 9.17) is 4.74 Å². The highest BCUT2D eigenvalue weighted by molar-refractivity contribution is 5.92. The van der Waals surface area contributed by atoms with Crippen LogP contribution in [0.1, 0.15) is 18.9 Å². The maximum atomic E-state index is 13.3. The number of alkyl halides is 3. The van der Waals surface area contributed by atoms with Gasteiger partial charge in [0.15, 0.2) is 0 Å². The summed E-state index contributed by atoms with van der Waals surface area (Å²) in [6, 6.07) is 11.1. The van der Waals surface area contributed by atoms with Gasteiger partial charge in [0.05, 0.1) is 12.2 Å². The number of anilines is 1. The van der Waals surface area contributed by atoms with Gasteiger partial charge in [0, 0.05) is 22.3 Å². The number of halogens is 3. The van der Waals surface area contributed by atoms with Gasteiger partial charge < -0.3 is 9.72 Å². The Labute approximate surface area is 158 Å². The second-order valence-corrected chi connectivity index (χ2v) is 6.12. The summed E-state index contributed by atoms with van der Waals surface area (Å²) >= 11 is 0. The SMILES string of the molecule is CCCOC(=O)Nc1ccc2cc(-c3ccccc3C(F)(F)F)[nH]c(=O)c2c1. The fraction of sp³-hybridized carbons (Fsp3) is 0.200. The summed E-state index contributed by atoms with van der Waals surface area (Å²) in [7, 11) is 0. The Morgan fingerprint density at radius 1 is 1.14 bits per heavy atom. The number of carbonyl (C=O) groups is 1. The summed E-state index contributed by atoms with van der Waals surface area (Å²) in [4.78, 5) is 26.6. The van der Waals surface area contributed by atoms with E-state index in [-0.39, 0.29) is 23.3 Å². The maximum absolute atomic E-state index is 13.3. The van der Waals surface area contributed by atoms with Gasteiger partial charge in [-0.25, -0.2) is 4.79 Å². The number of aromatic amines is 1. The number of pyridine rings is 1. The number of hydrogen-bond acceptors (Lipinski definition) is 3. The second kappa shape index (κ2) is 7.75. The minimum absolute atomic E-state index is 0.0634. The molecule has 1 amide bonds. The third-order valence-corrected chi connectivity index (χ3v) is 4.05. The van der Waals surface area contributed by atoms with Crippen molar-refractivity contribution in [3.8, 4) is 11.3 Å². The Morgan fingerprint density at radius 2 is 1.89 bits per heavy atom. The Morgan fingerprint density at radius 3 is 2.61 bits per heavy atom. The van der Waals surface area contributed by atoms with Crippen molar-refractivity contribution < 1.29 is 22.7 Å². The first-order chi connectivity index (χ1) is 13.3. The Bertz CT molecular complexity index is 1070. The van der Waals surface area contributed by atoms with Crippen LogP contribution in [0.25, 0.3) is 22.0 Å². The summed E-state index contributed by atoms with van der Waals surface area (Å²) in [5.41, 5.74) is -1.09. The molecule has 146 valence electrons. The molecule has 28 heavy (non-hydrogen) atoms. The lowest BCUT2D eigenvalue weighted by molar-refractivity contribution is -0.137. The standard InChI is InChI=1S/C20H17F3N2O3/c1-2-9-28-19(27)24-13-8-7-12-10-17(25-18(26)15(12)11-13)14-5-3-4-6-16(14)20(21,22)23/h3-8,10-11H,2,9H2,1H3,(H,24,27)(H,25,26). The number of ether oxygens (including phenoxy) is 1. The normalized spacial score (nSPS) is 11.4. The van der Waals surface area contributed by atoms with E-state index in [0.29, 0.717) is 17.5 Å². The molecule has 8 heteroatoms. The van der Waals surface area contributed by atoms with Gasteiger partial charge in [0.25, 0.3) is 5.56 Å². The first-order valence-corrected chi connectivity index (χ1v) is 8.57. The van der Waals surface area contributed by atoms with Crippen LogP contribution in [-0.4, -0.2) is 17.7 Å². The number of benzene rings is 2. The van der Waals surface area contributed by atoms with Gasteiger partial charge >= 0.3 is 12.3 Å². The molecule has 0 saturated carbocycles. The molecule has 1 heterocycles. The van der Waals surface area contributed by atoms with Crippen molar-refractivity contribution in [3.05, 3.63) is 64.4 Å². The van der Waals surface area contributed by atoms with Gasteiger partial charge in [0.2, 0.25) is 0 Å². The molecule has 0 radical (unpaired) electrons. The lowest BCUT2D eigenvalue weighted by Crippen LogP contribution is -2.15. The number of nitrogens with one attached hydrogen (secondary N) is 2. The average molecular weight is 390 g/mol. The topological polar surface area (TPSA) is 71.2 Å². The van der Waals surface area contributed by atoms with E-state index in [1.807, 2.05) is 6.92 Å². The van der Waals surface area contributed by atoms with Crippen LogP contribution in [0, 0.1) is 0 Å². The second-order valence-electron chi connectivity index (χ2n) is 6.12. The van der Waals surface area contributed by atoms with Gasteiger partial charge in [-0.3, -0.25) is 10.1 Å². The highest BCUT2D eigenvalue weighted by Gasteiger charge is 2.33. The number of fused-ring (bicyclic) bond motifs is 1. The fourth-order valence-electron chi connectivity index (χ4n) is 2.80. The predicted octanol–water partition coefficient (Wildman–Crippen LogP) is 5.17. The van der Waals surface area contributed by atoms with Gasteiger partial charge in [0.1, 0.15) is 0 Å². The molecular weight excluding hydrogens is 373 g/mol. The van der Waals surface area contributed by atoms with Gasteiger partial charge in [-0.05, 0) is 36.1 Å². The highest BCUT2D eigenvalue weighted by atomic mass is 19.4. The molecule has 0 aliphatic rings. The van der Waals surface area contributed by atoms with Crippen molar-refractivity contribution in [3.63, 3.8) is 0 Å². The molecule has 1 aromatic heterocycles. The molecule has 2 aromatic carbocycles. The molecular formula is C20H17F3N2O3. The van der Waals surface area contributed by atoms with Gasteiger partial charge in [-0.2, -0.15) is 13.2 Å². The molecule has 5 nitrogen and oxygen atoms in total. The average Bonchev–Trinajstić information content (AvgIpc) is 2.66. The van der Waals surface area contributed by atoms with Gasteiger partial charge in [-0.1, -0.05) is 31.2 Å². The molecule has 0 aliphatic carbocycles. The number of amides is 1. The molecule has 2 N–H and O–H groups in total. The summed E-state index contributed by atoms with van der Waals surface area (Å²) in [5.74, 6) is 0. The van der Waals surface area contributed by atoms with Crippen LogP contribution in [0.2, 0.25) is 0 Å². The Balaban J connectivity index is 2.01. The lowest BCUT2D eigenvalue weighted by atomic mass is 10.0. The van der Waals surface area contributed by atoms with Crippen LogP contribution < -0.4 is 10.9 Å². The largest absolute Gasteiger partial charge is 0.449 e. The highest BCUT2D eigenvalue weighted by Crippen LogP contribution is 2.36. The summed E-state index contributed by atoms with van der Waals surface area (Å²) in [6.45, 7) is 2.12. The van der Waals surface area contributed by atoms with Crippen LogP contribution >= 0.6 is 0 Å². The quantitative estimate of drug-likeness (QED) is 0.645. The summed E-state index contributed by atoms with van der Waals surface area (Å²) in [5, 5.41) is 3.19. The molecule has 0 spiro atoms. The molecule has 0 fully saturated rings. The van der Waals surface area contributed by atoms with Crippen molar-refractivity contribution in [2.24, 2.45) is 0 Å². The number of carbonyl (C=O) groups excluding carboxylic acids is 1. The molecule has 0 bridgehead atoms. The first kappa shape index (κ1) is 19.5. The van der Waals surface area contributed by atoms with Crippen LogP contribution in [0.15, 0.2) is 53.3 Å². The minimum Gasteiger partial charge on any atom is -0.449 e. The van der Waals surface area contributed by atoms with Crippen molar-refractivity contribution in [2.75, 3.05) is 11.9 Å². The fourth-order valence-corrected chi connectivity index (χ4v) is 2.80. The van der Waals surface area contributed by atoms with Crippen molar-refractivity contribution in [1.29, 1.82) is 0 Å². The van der Waals surface area contributed by atoms with Crippen molar-refractivity contribution in [1.82, 2.24) is 4.98 Å². The first-order valence-electron chi connectivity index (χ1n) is 8.57. The molecule has 0 aliphatic heterocycles. The van der Waals surface area contributed by atoms with E-state index in [1.54, 1.807) is 12.1 Å². The van der Waals surface area contributed by atoms with Gasteiger partial charge in [-0.15, -0.1) is 0 Å². The Hall–Kier alpha value is -3.29. The third kappa shape index (κ3) is 4.16. The number of H-pyrrole nitrogens is 1. The number of hydrogen-bond donors (Lipinski definition) is 2. The minimum atomic E-state index is -4.55. The van der Waals surface area contributed by atoms with Crippen molar-refractivity contribution >= 4 is 22.6 Å². The van der Waals surface area contributed by atoms with Crippen LogP contribution in [0.5, 0.6) is 0 Å². The zero-order valence-corrected chi connectivity index (χ0v) is 14.9. The molecule has 3 aromatic rings. The molecule has 0 unspecified atom stereocenters. The van der Waals surface area contributed by atoms with Crippen LogP contribution in [-0.2, 0) is 10.9 Å². The van der Waals surface area contributed by atoms with E-state index in [1.165, 1.54) is 30.3 Å². The van der Waals surface area contributed by atoms with Crippen LogP contribution in [0.3, 0.4) is 0 Å². The summed E-state index contributed by atoms with van der Waals surface area (Å²) in [6.07, 6.45) is -4.52. The summed E-state index contributed by atoms with van der Waals surface area (Å²) < 4.78 is 44.7. The predicted molar refractivity (Wildman–Crippen MR) is 100 cm³/mol. The van der Waals surface area contributed by atoms with E-state index in [9.17, 15) is 22.8 Å². The molecule has 3 rings (SSSR count). The van der Waals surface area contributed by atoms with E-state index in [0.717, 1.165) is 6.07 Å². The monoisotopic (exact) mass is 390 g/mol. The zero-order valence-electron chi connectivity index (χ0n) is 14.9. The van der Waals surface area contributed by atoms with E-state index < -0.39 is 23.4 Å². The third-order valence-electron chi connectivity index (χ3n) is 4.05. The zero-order chi connectivity index (χ0) is 20.3. The molecule has 0 saturated heterocycles. The number of rotatable bonds is 4. The smallest absolute Gasteiger partial charge is 0.417 e. The van der Waals surface area contributed by atoms with E-state index >= 15 is 0 Å². The lowest BCUT2D eigenvalue weighted by Gasteiger charge is -2.13. The molecule has 0 atom stereocenters.